The van der Waals surface area contributed by atoms with Crippen molar-refractivity contribution >= 4 is 8.25 Å². The van der Waals surface area contributed by atoms with Crippen LogP contribution >= 0.6 is 8.25 Å². The summed E-state index contributed by atoms with van der Waals surface area (Å²) in [6.45, 7) is 0. The SMILES string of the molecule is CO[P+](=O)OC=CF. The van der Waals surface area contributed by atoms with Crippen LogP contribution in [0.4, 0.5) is 4.39 Å². The fourth-order valence-electron chi connectivity index (χ4n) is 0.116. The standard InChI is InChI=1S/C3H5FO3P/c1-6-8(5)7-3-2-4/h2-3H,1H3/q+1. The molecule has 5 heteroatoms. The lowest BCUT2D eigenvalue weighted by Crippen LogP contribution is -1.66. The highest BCUT2D eigenvalue weighted by atomic mass is 31.1. The van der Waals surface area contributed by atoms with Crippen LogP contribution in [0, 0.1) is 0 Å². The summed E-state index contributed by atoms with van der Waals surface area (Å²) >= 11 is 0. The number of halogens is 1. The van der Waals surface area contributed by atoms with Gasteiger partial charge in [-0.3, -0.25) is 0 Å². The van der Waals surface area contributed by atoms with E-state index in [4.69, 9.17) is 0 Å². The Bertz CT molecular complexity index is 103. The minimum absolute atomic E-state index is 0.131. The van der Waals surface area contributed by atoms with E-state index in [-0.39, 0.29) is 6.33 Å². The van der Waals surface area contributed by atoms with Crippen LogP contribution in [0.2, 0.25) is 0 Å². The molecule has 0 aliphatic carbocycles. The molecule has 0 fully saturated rings. The fourth-order valence-corrected chi connectivity index (χ4v) is 0.347. The summed E-state index contributed by atoms with van der Waals surface area (Å²) in [5.74, 6) is 0. The van der Waals surface area contributed by atoms with Crippen LogP contribution in [-0.2, 0) is 13.6 Å². The molecule has 46 valence electrons. The molecule has 0 rings (SSSR count). The van der Waals surface area contributed by atoms with Crippen molar-refractivity contribution in [1.29, 1.82) is 0 Å². The normalized spacial score (nSPS) is 12.0. The lowest BCUT2D eigenvalue weighted by Gasteiger charge is -1.72. The van der Waals surface area contributed by atoms with Crippen LogP contribution in [-0.4, -0.2) is 7.11 Å². The third-order valence-electron chi connectivity index (χ3n) is 0.347. The van der Waals surface area contributed by atoms with Crippen molar-refractivity contribution in [2.75, 3.05) is 7.11 Å². The van der Waals surface area contributed by atoms with Gasteiger partial charge in [-0.15, -0.1) is 4.52 Å². The number of hydrogen-bond acceptors (Lipinski definition) is 3. The summed E-state index contributed by atoms with van der Waals surface area (Å²) in [7, 11) is -0.962. The second kappa shape index (κ2) is 4.68. The minimum atomic E-state index is -2.16. The smallest absolute Gasteiger partial charge is 0.235 e. The largest absolute Gasteiger partial charge is 0.749 e. The van der Waals surface area contributed by atoms with E-state index in [1.54, 1.807) is 0 Å². The Morgan fingerprint density at radius 2 is 2.38 bits per heavy atom. The first-order chi connectivity index (χ1) is 3.81. The van der Waals surface area contributed by atoms with E-state index in [1.807, 2.05) is 0 Å². The first-order valence-corrected chi connectivity index (χ1v) is 2.84. The van der Waals surface area contributed by atoms with E-state index in [0.29, 0.717) is 6.26 Å². The quantitative estimate of drug-likeness (QED) is 0.441. The first kappa shape index (κ1) is 7.53. The minimum Gasteiger partial charge on any atom is -0.235 e. The highest BCUT2D eigenvalue weighted by molar-refractivity contribution is 7.33. The van der Waals surface area contributed by atoms with Gasteiger partial charge in [-0.25, -0.2) is 8.91 Å². The van der Waals surface area contributed by atoms with Gasteiger partial charge in [0.15, 0.2) is 6.26 Å². The summed E-state index contributed by atoms with van der Waals surface area (Å²) in [4.78, 5) is 0. The molecule has 0 radical (unpaired) electrons. The van der Waals surface area contributed by atoms with Gasteiger partial charge in [0.05, 0.1) is 7.11 Å². The molecule has 0 aromatic rings. The van der Waals surface area contributed by atoms with E-state index in [2.05, 4.69) is 9.05 Å². The molecule has 0 aromatic heterocycles. The molecule has 0 aromatic carbocycles. The van der Waals surface area contributed by atoms with Crippen molar-refractivity contribution in [3.05, 3.63) is 12.6 Å². The third kappa shape index (κ3) is 3.71. The van der Waals surface area contributed by atoms with Crippen molar-refractivity contribution < 1.29 is 18.0 Å². The molecule has 0 aliphatic rings. The van der Waals surface area contributed by atoms with Crippen LogP contribution in [0.25, 0.3) is 0 Å². The van der Waals surface area contributed by atoms with E-state index in [0.717, 1.165) is 0 Å². The van der Waals surface area contributed by atoms with E-state index in [1.165, 1.54) is 7.11 Å². The van der Waals surface area contributed by atoms with E-state index >= 15 is 0 Å². The molecule has 3 nitrogen and oxygen atoms in total. The molecular formula is C3H5FO3P+. The summed E-state index contributed by atoms with van der Waals surface area (Å²) in [5, 5.41) is 0. The monoisotopic (exact) mass is 139 g/mol. The molecule has 0 saturated heterocycles. The lowest BCUT2D eigenvalue weighted by atomic mass is 11.1. The lowest BCUT2D eigenvalue weighted by molar-refractivity contribution is 0.324. The van der Waals surface area contributed by atoms with Crippen LogP contribution in [0.5, 0.6) is 0 Å². The van der Waals surface area contributed by atoms with Gasteiger partial charge in [-0.1, -0.05) is 0 Å². The molecule has 1 atom stereocenters. The van der Waals surface area contributed by atoms with Crippen LogP contribution in [0.15, 0.2) is 12.6 Å². The summed E-state index contributed by atoms with van der Waals surface area (Å²) < 4.78 is 29.2. The van der Waals surface area contributed by atoms with Gasteiger partial charge in [-0.2, -0.15) is 0 Å². The molecule has 0 bridgehead atoms. The van der Waals surface area contributed by atoms with Gasteiger partial charge in [0.25, 0.3) is 0 Å². The van der Waals surface area contributed by atoms with Gasteiger partial charge in [-0.05, 0) is 0 Å². The molecule has 0 aliphatic heterocycles. The Morgan fingerprint density at radius 1 is 1.75 bits per heavy atom. The zero-order chi connectivity index (χ0) is 6.41. The van der Waals surface area contributed by atoms with Gasteiger partial charge < -0.3 is 0 Å². The number of hydrogen-bond donors (Lipinski definition) is 0. The van der Waals surface area contributed by atoms with Gasteiger partial charge >= 0.3 is 8.25 Å². The highest BCUT2D eigenvalue weighted by Crippen LogP contribution is 2.21. The summed E-state index contributed by atoms with van der Waals surface area (Å²) in [6, 6.07) is 0. The maximum atomic E-state index is 11.0. The average molecular weight is 139 g/mol. The van der Waals surface area contributed by atoms with Gasteiger partial charge in [0.1, 0.15) is 6.33 Å². The van der Waals surface area contributed by atoms with Crippen LogP contribution < -0.4 is 0 Å². The zero-order valence-corrected chi connectivity index (χ0v) is 5.10. The van der Waals surface area contributed by atoms with Gasteiger partial charge in [0.2, 0.25) is 0 Å². The summed E-state index contributed by atoms with van der Waals surface area (Å²) in [6.07, 6.45) is 0.786. The zero-order valence-electron chi connectivity index (χ0n) is 4.20. The Labute approximate surface area is 47.1 Å². The third-order valence-corrected chi connectivity index (χ3v) is 0.939. The molecular weight excluding hydrogens is 134 g/mol. The van der Waals surface area contributed by atoms with E-state index < -0.39 is 8.25 Å². The average Bonchev–Trinajstić information content (AvgIpc) is 1.83. The number of rotatable bonds is 3. The Morgan fingerprint density at radius 3 is 2.75 bits per heavy atom. The topological polar surface area (TPSA) is 35.5 Å². The Kier molecular flexibility index (Phi) is 4.41. The second-order valence-electron chi connectivity index (χ2n) is 0.774. The molecule has 0 saturated carbocycles. The fraction of sp³-hybridized carbons (Fsp3) is 0.333. The van der Waals surface area contributed by atoms with E-state index in [9.17, 15) is 8.96 Å². The predicted octanol–water partition coefficient (Wildman–Crippen LogP) is 1.75. The molecule has 0 N–H and O–H groups in total. The maximum Gasteiger partial charge on any atom is 0.749 e. The van der Waals surface area contributed by atoms with Crippen molar-refractivity contribution in [2.45, 2.75) is 0 Å². The maximum absolute atomic E-state index is 11.0. The molecule has 0 amide bonds. The van der Waals surface area contributed by atoms with Crippen molar-refractivity contribution in [3.63, 3.8) is 0 Å². The van der Waals surface area contributed by atoms with Crippen LogP contribution in [0.3, 0.4) is 0 Å². The Hall–Kier alpha value is -0.470. The van der Waals surface area contributed by atoms with Crippen molar-refractivity contribution in [1.82, 2.24) is 0 Å². The second-order valence-corrected chi connectivity index (χ2v) is 1.80. The summed E-state index contributed by atoms with van der Waals surface area (Å²) in [5.41, 5.74) is 0. The van der Waals surface area contributed by atoms with Crippen LogP contribution in [0.1, 0.15) is 0 Å². The van der Waals surface area contributed by atoms with Gasteiger partial charge in [0, 0.05) is 4.57 Å². The Balaban J connectivity index is 3.25. The first-order valence-electron chi connectivity index (χ1n) is 1.74. The predicted molar refractivity (Wildman–Crippen MR) is 25.9 cm³/mol. The molecule has 0 spiro atoms. The molecule has 1 unspecified atom stereocenters. The van der Waals surface area contributed by atoms with Crippen molar-refractivity contribution in [3.8, 4) is 0 Å². The molecule has 8 heavy (non-hydrogen) atoms. The molecule has 0 heterocycles. The van der Waals surface area contributed by atoms with Crippen molar-refractivity contribution in [2.24, 2.45) is 0 Å². The highest BCUT2D eigenvalue weighted by Gasteiger charge is 2.13.